The van der Waals surface area contributed by atoms with E-state index >= 15 is 0 Å². The molecule has 4 radical (unpaired) electrons. The first-order chi connectivity index (χ1) is 38.0. The molecule has 516 valence electrons. The van der Waals surface area contributed by atoms with Gasteiger partial charge in [-0.15, -0.1) is 0 Å². The molecular weight excluding hydrogens is 1510 g/mol. The van der Waals surface area contributed by atoms with Gasteiger partial charge in [-0.1, -0.05) is 0 Å². The minimum absolute atomic E-state index is 0. The average molecular weight is 1600 g/mol. The summed E-state index contributed by atoms with van der Waals surface area (Å²) in [6.07, 6.45) is -15.4. The van der Waals surface area contributed by atoms with Gasteiger partial charge in [-0.05, 0) is 0 Å². The maximum atomic E-state index is 10.9. The van der Waals surface area contributed by atoms with Gasteiger partial charge in [0.05, 0.1) is 79.3 Å². The predicted molar refractivity (Wildman–Crippen MR) is 285 cm³/mol. The molecule has 0 saturated carbocycles. The van der Waals surface area contributed by atoms with E-state index < -0.39 is 124 Å². The molecular formula is C44H88N8O32Y4-8. The SMILES string of the molecule is CNC(=O)OC(CO)COCOCC(CO)OC([NH-])=O.CNC(=O)OC(CO)COCOCC(O)COC([NH-])=O.CNC(=O)OCC(O)COCOCC(CO)OC([NH-])=O.CNC(=O)OCC(O)COCOCC(O)COC([NH-])=O.[CH3-].[CH3-].[CH3-].[CH3-].[Y].[Y].[Y].[Y]. The number of rotatable bonds is 40. The number of amides is 8. The Morgan fingerprint density at radius 3 is 0.682 bits per heavy atom. The maximum Gasteiger partial charge on any atom is 0.407 e. The van der Waals surface area contributed by atoms with Crippen LogP contribution in [-0.2, 0) is 207 Å². The summed E-state index contributed by atoms with van der Waals surface area (Å²) in [6, 6.07) is 0. The summed E-state index contributed by atoms with van der Waals surface area (Å²) in [5.74, 6) is 0. The van der Waals surface area contributed by atoms with Crippen molar-refractivity contribution >= 4 is 48.7 Å². The van der Waals surface area contributed by atoms with E-state index in [1.54, 1.807) is 0 Å². The normalized spacial score (nSPS) is 12.1. The molecule has 0 heterocycles. The van der Waals surface area contributed by atoms with Crippen LogP contribution in [0.4, 0.5) is 38.4 Å². The number of nitrogens with one attached hydrogen (secondary N) is 8. The second-order valence-electron chi connectivity index (χ2n) is 14.3. The summed E-state index contributed by atoms with van der Waals surface area (Å²) < 4.78 is 75.2. The van der Waals surface area contributed by atoms with Crippen LogP contribution in [0.2, 0.25) is 0 Å². The summed E-state index contributed by atoms with van der Waals surface area (Å²) in [5.41, 5.74) is 26.0. The monoisotopic (exact) mass is 1600 g/mol. The van der Waals surface area contributed by atoms with Gasteiger partial charge in [0.15, 0.2) is 0 Å². The van der Waals surface area contributed by atoms with Crippen LogP contribution in [0.3, 0.4) is 0 Å². The first kappa shape index (κ1) is 113. The Bertz CT molecular complexity index is 1630. The van der Waals surface area contributed by atoms with E-state index in [0.29, 0.717) is 0 Å². The fourth-order valence-corrected chi connectivity index (χ4v) is 3.93. The van der Waals surface area contributed by atoms with Crippen molar-refractivity contribution in [1.29, 1.82) is 0 Å². The quantitative estimate of drug-likeness (QED) is 0.0148. The standard InChI is InChI=1S/4C10H20N2O8.4CH3.4Y/c1-12-10(16)19-4-7(14)3-17-6-18-5-8(2-13)20-9(11)15;1-12-10(16)20-8(2-13)5-18-6-17-3-7(14)4-19-9(11)15;1-12-10(16)20-5-8(14)3-18-6-17-2-7(13)4-19-9(11)15;1-12-10(16)20-8(3-14)5-18-6-17-4-7(2-13)19-9(11)15;;;;;;;;/h4*7-8,13-14H,2-6H2,1H3,(H3,11,12,15,16);4*1H3;;;;/q;;;;4*-1;;;;/p-4. The Labute approximate surface area is 612 Å². The summed E-state index contributed by atoms with van der Waals surface area (Å²) in [6.45, 7) is -4.80. The molecule has 0 aliphatic rings. The molecule has 0 saturated heterocycles. The van der Waals surface area contributed by atoms with Gasteiger partial charge in [-0.3, -0.25) is 19.2 Å². The zero-order valence-electron chi connectivity index (χ0n) is 50.4. The molecule has 0 aliphatic heterocycles. The van der Waals surface area contributed by atoms with Crippen LogP contribution in [0, 0.1) is 29.7 Å². The van der Waals surface area contributed by atoms with Crippen molar-refractivity contribution in [3.8, 4) is 0 Å². The fourth-order valence-electron chi connectivity index (χ4n) is 3.93. The Kier molecular flexibility index (Phi) is 104. The van der Waals surface area contributed by atoms with Gasteiger partial charge in [-0.25, -0.2) is 19.2 Å². The molecule has 8 atom stereocenters. The number of aliphatic hydroxyl groups is 8. The van der Waals surface area contributed by atoms with E-state index in [-0.39, 0.29) is 267 Å². The summed E-state index contributed by atoms with van der Waals surface area (Å²) in [7, 11) is 5.54. The van der Waals surface area contributed by atoms with Crippen molar-refractivity contribution in [2.75, 3.05) is 161 Å². The van der Waals surface area contributed by atoms with Crippen LogP contribution in [0.15, 0.2) is 0 Å². The van der Waals surface area contributed by atoms with E-state index in [1.165, 1.54) is 28.2 Å². The van der Waals surface area contributed by atoms with E-state index in [9.17, 15) is 58.8 Å². The van der Waals surface area contributed by atoms with E-state index in [1.807, 2.05) is 0 Å². The molecule has 8 amide bonds. The fraction of sp³-hybridized carbons (Fsp3) is 0.727. The number of alkyl carbamates (subject to hydrolysis) is 4. The molecule has 0 aromatic carbocycles. The molecule has 0 spiro atoms. The Balaban J connectivity index is -0.0000000849. The topological polar surface area (TPSA) is 589 Å². The van der Waals surface area contributed by atoms with Gasteiger partial charge < -0.3 is 191 Å². The second kappa shape index (κ2) is 81.0. The molecule has 0 bridgehead atoms. The van der Waals surface area contributed by atoms with Crippen LogP contribution >= 0.6 is 0 Å². The van der Waals surface area contributed by atoms with Crippen molar-refractivity contribution in [1.82, 2.24) is 21.3 Å². The van der Waals surface area contributed by atoms with Gasteiger partial charge in [-0.2, -0.15) is 0 Å². The minimum Gasteiger partial charge on any atom is -0.632 e. The molecule has 0 fully saturated rings. The van der Waals surface area contributed by atoms with E-state index in [2.05, 4.69) is 49.7 Å². The molecule has 88 heavy (non-hydrogen) atoms. The van der Waals surface area contributed by atoms with Crippen LogP contribution in [0.5, 0.6) is 0 Å². The Hall–Kier alpha value is -2.06. The minimum atomic E-state index is -1.27. The van der Waals surface area contributed by atoms with Crippen LogP contribution in [0.25, 0.3) is 22.9 Å². The van der Waals surface area contributed by atoms with Crippen LogP contribution in [0.1, 0.15) is 0 Å². The van der Waals surface area contributed by atoms with Crippen molar-refractivity contribution in [2.24, 2.45) is 0 Å². The van der Waals surface area contributed by atoms with Crippen LogP contribution in [-0.4, -0.2) is 300 Å². The number of hydrogen-bond donors (Lipinski definition) is 12. The molecule has 0 aliphatic carbocycles. The van der Waals surface area contributed by atoms with Gasteiger partial charge in [0.2, 0.25) is 24.4 Å². The zero-order chi connectivity index (χ0) is 61.5. The van der Waals surface area contributed by atoms with Gasteiger partial charge in [0.1, 0.15) is 102 Å². The number of ether oxygens (including phenoxy) is 16. The first-order valence-electron chi connectivity index (χ1n) is 22.8. The largest absolute Gasteiger partial charge is 0.632 e. The van der Waals surface area contributed by atoms with E-state index in [4.69, 9.17) is 90.7 Å². The van der Waals surface area contributed by atoms with Crippen LogP contribution < -0.4 is 21.3 Å². The molecule has 0 aromatic heterocycles. The molecule has 0 rings (SSSR count). The number of aliphatic hydroxyl groups excluding tert-OH is 8. The number of carbonyl (C=O) groups excluding carboxylic acids is 8. The van der Waals surface area contributed by atoms with Gasteiger partial charge in [0.25, 0.3) is 0 Å². The predicted octanol–water partition coefficient (Wildman–Crippen LogP) is -1.23. The Morgan fingerprint density at radius 1 is 0.307 bits per heavy atom. The summed E-state index contributed by atoms with van der Waals surface area (Å²) >= 11 is 0. The smallest absolute Gasteiger partial charge is 0.407 e. The van der Waals surface area contributed by atoms with E-state index in [0.717, 1.165) is 0 Å². The molecule has 40 nitrogen and oxygen atoms in total. The second-order valence-corrected chi connectivity index (χ2v) is 14.3. The third-order valence-corrected chi connectivity index (χ3v) is 7.48. The molecule has 44 heteroatoms. The average Bonchev–Trinajstić information content (AvgIpc) is 3.42. The first-order valence-corrected chi connectivity index (χ1v) is 22.8. The zero-order valence-corrected chi connectivity index (χ0v) is 61.8. The Morgan fingerprint density at radius 2 is 0.500 bits per heavy atom. The summed E-state index contributed by atoms with van der Waals surface area (Å²) in [5, 5.41) is 81.4. The maximum absolute atomic E-state index is 10.9. The van der Waals surface area contributed by atoms with Crippen molar-refractivity contribution < 1.29 is 286 Å². The van der Waals surface area contributed by atoms with Crippen molar-refractivity contribution in [3.05, 3.63) is 52.6 Å². The third kappa shape index (κ3) is 86.0. The third-order valence-electron chi connectivity index (χ3n) is 7.48. The number of carbonyl (C=O) groups is 8. The molecule has 0 aromatic rings. The van der Waals surface area contributed by atoms with Gasteiger partial charge in [0, 0.05) is 159 Å². The molecule has 16 N–H and O–H groups in total. The molecule has 8 unspecified atom stereocenters. The van der Waals surface area contributed by atoms with Gasteiger partial charge >= 0.3 is 24.4 Å². The summed E-state index contributed by atoms with van der Waals surface area (Å²) in [4.78, 5) is 84.0. The number of hydrogen-bond acceptors (Lipinski definition) is 32. The van der Waals surface area contributed by atoms with Crippen molar-refractivity contribution in [3.63, 3.8) is 0 Å². The van der Waals surface area contributed by atoms with Crippen molar-refractivity contribution in [2.45, 2.75) is 48.8 Å².